The van der Waals surface area contributed by atoms with Crippen molar-refractivity contribution >= 4 is 5.97 Å². The molecule has 0 radical (unpaired) electrons. The monoisotopic (exact) mass is 223 g/mol. The number of aryl methyl sites for hydroxylation is 1. The summed E-state index contributed by atoms with van der Waals surface area (Å²) < 4.78 is 9.80. The molecule has 1 aromatic rings. The van der Waals surface area contributed by atoms with E-state index in [0.29, 0.717) is 5.75 Å². The van der Waals surface area contributed by atoms with Crippen LogP contribution >= 0.6 is 0 Å². The summed E-state index contributed by atoms with van der Waals surface area (Å²) in [6.07, 6.45) is 0. The van der Waals surface area contributed by atoms with E-state index >= 15 is 0 Å². The molecule has 1 aromatic carbocycles. The summed E-state index contributed by atoms with van der Waals surface area (Å²) in [5.74, 6) is 0.283. The van der Waals surface area contributed by atoms with Gasteiger partial charge in [-0.1, -0.05) is 12.1 Å². The quantitative estimate of drug-likeness (QED) is 0.787. The molecule has 4 nitrogen and oxygen atoms in total. The zero-order valence-electron chi connectivity index (χ0n) is 9.82. The maximum atomic E-state index is 10.9. The van der Waals surface area contributed by atoms with E-state index in [2.05, 4.69) is 4.74 Å². The molecule has 1 atom stereocenters. The van der Waals surface area contributed by atoms with Gasteiger partial charge in [-0.25, -0.2) is 4.79 Å². The molecule has 0 amide bonds. The summed E-state index contributed by atoms with van der Waals surface area (Å²) in [5.41, 5.74) is 7.76. The van der Waals surface area contributed by atoms with Gasteiger partial charge in [0.25, 0.3) is 0 Å². The van der Waals surface area contributed by atoms with Crippen molar-refractivity contribution < 1.29 is 14.3 Å². The molecule has 16 heavy (non-hydrogen) atoms. The van der Waals surface area contributed by atoms with Crippen molar-refractivity contribution in [2.45, 2.75) is 19.9 Å². The maximum Gasteiger partial charge on any atom is 0.343 e. The maximum absolute atomic E-state index is 10.9. The topological polar surface area (TPSA) is 61.5 Å². The molecule has 88 valence electrons. The molecule has 0 fully saturated rings. The number of hydrogen-bond donors (Lipinski definition) is 1. The summed E-state index contributed by atoms with van der Waals surface area (Å²) in [6.45, 7) is 3.76. The Balaban J connectivity index is 2.72. The number of ether oxygens (including phenoxy) is 2. The number of hydrogen-bond acceptors (Lipinski definition) is 4. The Morgan fingerprint density at radius 3 is 2.69 bits per heavy atom. The smallest absolute Gasteiger partial charge is 0.343 e. The second-order valence-electron chi connectivity index (χ2n) is 3.68. The van der Waals surface area contributed by atoms with Gasteiger partial charge < -0.3 is 15.2 Å². The van der Waals surface area contributed by atoms with Gasteiger partial charge >= 0.3 is 5.97 Å². The van der Waals surface area contributed by atoms with E-state index in [1.54, 1.807) is 0 Å². The number of benzene rings is 1. The number of carbonyl (C=O) groups is 1. The predicted molar refractivity (Wildman–Crippen MR) is 61.3 cm³/mol. The van der Waals surface area contributed by atoms with Crippen molar-refractivity contribution in [2.75, 3.05) is 13.7 Å². The fourth-order valence-electron chi connectivity index (χ4n) is 1.31. The van der Waals surface area contributed by atoms with Crippen molar-refractivity contribution in [3.8, 4) is 5.75 Å². The van der Waals surface area contributed by atoms with E-state index in [1.165, 1.54) is 7.11 Å². The molecule has 0 spiro atoms. The number of methoxy groups -OCH3 is 1. The van der Waals surface area contributed by atoms with E-state index in [-0.39, 0.29) is 12.6 Å². The molecule has 0 saturated heterocycles. The molecule has 0 heterocycles. The largest absolute Gasteiger partial charge is 0.482 e. The molecular formula is C12H17NO3. The van der Waals surface area contributed by atoms with Gasteiger partial charge in [0.1, 0.15) is 5.75 Å². The van der Waals surface area contributed by atoms with Crippen LogP contribution in [0, 0.1) is 6.92 Å². The van der Waals surface area contributed by atoms with Gasteiger partial charge in [-0.2, -0.15) is 0 Å². The molecule has 0 saturated carbocycles. The Bertz CT molecular complexity index is 375. The predicted octanol–water partition coefficient (Wildman–Crippen LogP) is 1.57. The van der Waals surface area contributed by atoms with Gasteiger partial charge in [0.05, 0.1) is 7.11 Å². The minimum atomic E-state index is -0.393. The first-order valence-corrected chi connectivity index (χ1v) is 5.10. The molecule has 2 N–H and O–H groups in total. The Morgan fingerprint density at radius 2 is 2.19 bits per heavy atom. The molecule has 0 aliphatic rings. The third-order valence-electron chi connectivity index (χ3n) is 2.30. The standard InChI is InChI=1S/C12H17NO3/c1-8-6-10(9(2)13)4-5-11(8)16-7-12(14)15-3/h4-6,9H,7,13H2,1-3H3/t9-/m1/s1. The van der Waals surface area contributed by atoms with Crippen molar-refractivity contribution in [1.82, 2.24) is 0 Å². The van der Waals surface area contributed by atoms with Crippen LogP contribution in [0.15, 0.2) is 18.2 Å². The second-order valence-corrected chi connectivity index (χ2v) is 3.68. The third-order valence-corrected chi connectivity index (χ3v) is 2.30. The SMILES string of the molecule is COC(=O)COc1ccc([C@@H](C)N)cc1C. The summed E-state index contributed by atoms with van der Waals surface area (Å²) in [4.78, 5) is 10.9. The summed E-state index contributed by atoms with van der Waals surface area (Å²) in [6, 6.07) is 5.66. The van der Waals surface area contributed by atoms with Crippen LogP contribution in [0.1, 0.15) is 24.1 Å². The summed E-state index contributed by atoms with van der Waals surface area (Å²) in [7, 11) is 1.33. The van der Waals surface area contributed by atoms with Crippen LogP contribution in [0.2, 0.25) is 0 Å². The molecule has 1 rings (SSSR count). The Hall–Kier alpha value is -1.55. The zero-order chi connectivity index (χ0) is 12.1. The lowest BCUT2D eigenvalue weighted by atomic mass is 10.1. The highest BCUT2D eigenvalue weighted by Gasteiger charge is 2.06. The average Bonchev–Trinajstić information content (AvgIpc) is 2.26. The first-order valence-electron chi connectivity index (χ1n) is 5.10. The first-order chi connectivity index (χ1) is 7.54. The van der Waals surface area contributed by atoms with Gasteiger partial charge in [-0.15, -0.1) is 0 Å². The minimum absolute atomic E-state index is 0.00615. The van der Waals surface area contributed by atoms with Gasteiger partial charge in [0.2, 0.25) is 0 Å². The lowest BCUT2D eigenvalue weighted by Gasteiger charge is -2.11. The minimum Gasteiger partial charge on any atom is -0.482 e. The molecule has 0 aliphatic carbocycles. The molecule has 0 aliphatic heterocycles. The van der Waals surface area contributed by atoms with E-state index in [4.69, 9.17) is 10.5 Å². The van der Waals surface area contributed by atoms with Crippen molar-refractivity contribution in [3.05, 3.63) is 29.3 Å². The fourth-order valence-corrected chi connectivity index (χ4v) is 1.31. The average molecular weight is 223 g/mol. The van der Waals surface area contributed by atoms with Crippen LogP contribution in [0.5, 0.6) is 5.75 Å². The molecule has 4 heteroatoms. The second kappa shape index (κ2) is 5.51. The lowest BCUT2D eigenvalue weighted by Crippen LogP contribution is -2.13. The number of carbonyl (C=O) groups excluding carboxylic acids is 1. The Morgan fingerprint density at radius 1 is 1.50 bits per heavy atom. The van der Waals surface area contributed by atoms with Crippen LogP contribution in [-0.4, -0.2) is 19.7 Å². The first kappa shape index (κ1) is 12.5. The van der Waals surface area contributed by atoms with Gasteiger partial charge in [-0.3, -0.25) is 0 Å². The van der Waals surface area contributed by atoms with Crippen LogP contribution in [0.4, 0.5) is 0 Å². The molecular weight excluding hydrogens is 206 g/mol. The number of nitrogens with two attached hydrogens (primary N) is 1. The highest BCUT2D eigenvalue weighted by atomic mass is 16.6. The van der Waals surface area contributed by atoms with Crippen molar-refractivity contribution in [2.24, 2.45) is 5.73 Å². The molecule has 0 unspecified atom stereocenters. The van der Waals surface area contributed by atoms with E-state index in [1.807, 2.05) is 32.0 Å². The van der Waals surface area contributed by atoms with E-state index < -0.39 is 5.97 Å². The normalized spacial score (nSPS) is 12.0. The van der Waals surface area contributed by atoms with E-state index in [0.717, 1.165) is 11.1 Å². The Labute approximate surface area is 95.3 Å². The fraction of sp³-hybridized carbons (Fsp3) is 0.417. The van der Waals surface area contributed by atoms with Crippen LogP contribution in [-0.2, 0) is 9.53 Å². The zero-order valence-corrected chi connectivity index (χ0v) is 9.82. The third kappa shape index (κ3) is 3.24. The van der Waals surface area contributed by atoms with E-state index in [9.17, 15) is 4.79 Å². The lowest BCUT2D eigenvalue weighted by molar-refractivity contribution is -0.142. The van der Waals surface area contributed by atoms with Gasteiger partial charge in [0, 0.05) is 6.04 Å². The van der Waals surface area contributed by atoms with Gasteiger partial charge in [0.15, 0.2) is 6.61 Å². The van der Waals surface area contributed by atoms with Crippen LogP contribution < -0.4 is 10.5 Å². The van der Waals surface area contributed by atoms with Crippen molar-refractivity contribution in [3.63, 3.8) is 0 Å². The van der Waals surface area contributed by atoms with Gasteiger partial charge in [-0.05, 0) is 31.0 Å². The summed E-state index contributed by atoms with van der Waals surface area (Å²) >= 11 is 0. The highest BCUT2D eigenvalue weighted by Crippen LogP contribution is 2.21. The Kier molecular flexibility index (Phi) is 4.31. The molecule has 0 bridgehead atoms. The van der Waals surface area contributed by atoms with Crippen LogP contribution in [0.25, 0.3) is 0 Å². The molecule has 0 aromatic heterocycles. The van der Waals surface area contributed by atoms with Crippen molar-refractivity contribution in [1.29, 1.82) is 0 Å². The van der Waals surface area contributed by atoms with Crippen LogP contribution in [0.3, 0.4) is 0 Å². The highest BCUT2D eigenvalue weighted by molar-refractivity contribution is 5.70. The summed E-state index contributed by atoms with van der Waals surface area (Å²) in [5, 5.41) is 0. The number of esters is 1. The number of rotatable bonds is 4.